The van der Waals surface area contributed by atoms with Crippen molar-refractivity contribution < 1.29 is 23.9 Å². The van der Waals surface area contributed by atoms with Crippen molar-refractivity contribution in [1.29, 1.82) is 0 Å². The van der Waals surface area contributed by atoms with E-state index in [1.54, 1.807) is 0 Å². The standard InChI is InChI=1S/C8H11ClO5/c1-13-6(11)4-3-5(10)7(9)8(12)14-2/h7H,3-4H2,1-2H3/t7-/m1/s1. The number of carbonyl (C=O) groups is 3. The van der Waals surface area contributed by atoms with Gasteiger partial charge in [-0.2, -0.15) is 0 Å². The highest BCUT2D eigenvalue weighted by atomic mass is 35.5. The van der Waals surface area contributed by atoms with Crippen LogP contribution >= 0.6 is 11.6 Å². The average Bonchev–Trinajstić information content (AvgIpc) is 2.22. The summed E-state index contributed by atoms with van der Waals surface area (Å²) in [5.41, 5.74) is 0. The van der Waals surface area contributed by atoms with Crippen molar-refractivity contribution in [2.75, 3.05) is 14.2 Å². The van der Waals surface area contributed by atoms with Crippen LogP contribution in [0.5, 0.6) is 0 Å². The number of carbonyl (C=O) groups excluding carboxylic acids is 3. The predicted molar refractivity (Wildman–Crippen MR) is 47.9 cm³/mol. The van der Waals surface area contributed by atoms with Gasteiger partial charge in [-0.1, -0.05) is 0 Å². The second kappa shape index (κ2) is 6.37. The van der Waals surface area contributed by atoms with E-state index in [1.165, 1.54) is 7.11 Å². The van der Waals surface area contributed by atoms with Crippen LogP contribution in [0.4, 0.5) is 0 Å². The van der Waals surface area contributed by atoms with E-state index >= 15 is 0 Å². The zero-order chi connectivity index (χ0) is 11.1. The lowest BCUT2D eigenvalue weighted by Gasteiger charge is -2.05. The number of methoxy groups -OCH3 is 2. The van der Waals surface area contributed by atoms with Crippen LogP contribution in [0, 0.1) is 0 Å². The number of Topliss-reactive ketones (excluding diaryl/α,β-unsaturated/α-hetero) is 1. The summed E-state index contributed by atoms with van der Waals surface area (Å²) in [5.74, 6) is -1.89. The molecule has 6 heteroatoms. The lowest BCUT2D eigenvalue weighted by atomic mass is 10.1. The molecule has 0 aromatic rings. The van der Waals surface area contributed by atoms with Crippen molar-refractivity contribution in [2.45, 2.75) is 18.2 Å². The number of ether oxygens (including phenoxy) is 2. The molecule has 80 valence electrons. The van der Waals surface area contributed by atoms with Gasteiger partial charge in [0.2, 0.25) is 0 Å². The Labute approximate surface area is 86.3 Å². The van der Waals surface area contributed by atoms with E-state index in [0.717, 1.165) is 7.11 Å². The molecule has 0 rings (SSSR count). The minimum Gasteiger partial charge on any atom is -0.469 e. The topological polar surface area (TPSA) is 69.7 Å². The molecule has 0 unspecified atom stereocenters. The first-order valence-electron chi connectivity index (χ1n) is 3.84. The van der Waals surface area contributed by atoms with E-state index in [1.807, 2.05) is 0 Å². The third-order valence-corrected chi connectivity index (χ3v) is 1.92. The lowest BCUT2D eigenvalue weighted by molar-refractivity contribution is -0.145. The molecule has 0 aromatic carbocycles. The van der Waals surface area contributed by atoms with E-state index in [2.05, 4.69) is 9.47 Å². The Morgan fingerprint density at radius 2 is 1.71 bits per heavy atom. The van der Waals surface area contributed by atoms with Crippen LogP contribution in [0.1, 0.15) is 12.8 Å². The van der Waals surface area contributed by atoms with Gasteiger partial charge in [0.1, 0.15) is 0 Å². The number of alkyl halides is 1. The second-order valence-corrected chi connectivity index (χ2v) is 2.86. The number of hydrogen-bond acceptors (Lipinski definition) is 5. The van der Waals surface area contributed by atoms with Crippen molar-refractivity contribution in [2.24, 2.45) is 0 Å². The Hall–Kier alpha value is -1.10. The number of ketones is 1. The van der Waals surface area contributed by atoms with E-state index in [4.69, 9.17) is 11.6 Å². The van der Waals surface area contributed by atoms with Gasteiger partial charge in [0.15, 0.2) is 11.2 Å². The molecule has 0 aliphatic carbocycles. The minimum atomic E-state index is -1.34. The van der Waals surface area contributed by atoms with E-state index < -0.39 is 23.1 Å². The molecule has 0 aliphatic heterocycles. The molecule has 0 aromatic heterocycles. The maximum Gasteiger partial charge on any atom is 0.331 e. The van der Waals surface area contributed by atoms with Gasteiger partial charge in [0.25, 0.3) is 0 Å². The molecule has 0 N–H and O–H groups in total. The van der Waals surface area contributed by atoms with E-state index in [9.17, 15) is 14.4 Å². The maximum absolute atomic E-state index is 11.1. The zero-order valence-electron chi connectivity index (χ0n) is 7.91. The number of hydrogen-bond donors (Lipinski definition) is 0. The molecule has 14 heavy (non-hydrogen) atoms. The van der Waals surface area contributed by atoms with Gasteiger partial charge in [-0.15, -0.1) is 11.6 Å². The van der Waals surface area contributed by atoms with Crippen molar-refractivity contribution >= 4 is 29.3 Å². The summed E-state index contributed by atoms with van der Waals surface area (Å²) in [7, 11) is 2.34. The second-order valence-electron chi connectivity index (χ2n) is 2.43. The quantitative estimate of drug-likeness (QED) is 0.380. The van der Waals surface area contributed by atoms with E-state index in [-0.39, 0.29) is 12.8 Å². The smallest absolute Gasteiger partial charge is 0.331 e. The summed E-state index contributed by atoms with van der Waals surface area (Å²) in [6, 6.07) is 0. The summed E-state index contributed by atoms with van der Waals surface area (Å²) in [6.45, 7) is 0. The highest BCUT2D eigenvalue weighted by molar-refractivity contribution is 6.41. The highest BCUT2D eigenvalue weighted by Gasteiger charge is 2.24. The summed E-state index contributed by atoms with van der Waals surface area (Å²) in [6.07, 6.45) is -0.217. The first-order valence-corrected chi connectivity index (χ1v) is 4.28. The van der Waals surface area contributed by atoms with Gasteiger partial charge in [-0.05, 0) is 0 Å². The van der Waals surface area contributed by atoms with Crippen molar-refractivity contribution in [3.8, 4) is 0 Å². The Bertz CT molecular complexity index is 238. The fraction of sp³-hybridized carbons (Fsp3) is 0.625. The van der Waals surface area contributed by atoms with Crippen molar-refractivity contribution in [1.82, 2.24) is 0 Å². The summed E-state index contributed by atoms with van der Waals surface area (Å²) in [5, 5.41) is -1.34. The van der Waals surface area contributed by atoms with Gasteiger partial charge >= 0.3 is 11.9 Å². The molecular weight excluding hydrogens is 212 g/mol. The lowest BCUT2D eigenvalue weighted by Crippen LogP contribution is -2.26. The number of halogens is 1. The first-order chi connectivity index (χ1) is 6.52. The van der Waals surface area contributed by atoms with Crippen LogP contribution in [0.25, 0.3) is 0 Å². The molecule has 0 heterocycles. The summed E-state index contributed by atoms with van der Waals surface area (Å²) >= 11 is 5.43. The largest absolute Gasteiger partial charge is 0.469 e. The third-order valence-electron chi connectivity index (χ3n) is 1.49. The predicted octanol–water partition coefficient (Wildman–Crippen LogP) is 0.289. The van der Waals surface area contributed by atoms with Gasteiger partial charge in [0.05, 0.1) is 20.6 Å². The fourth-order valence-corrected chi connectivity index (χ4v) is 0.887. The van der Waals surface area contributed by atoms with Gasteiger partial charge in [-0.3, -0.25) is 9.59 Å². The fourth-order valence-electron chi connectivity index (χ4n) is 0.689. The zero-order valence-corrected chi connectivity index (χ0v) is 8.67. The Morgan fingerprint density at radius 3 is 2.14 bits per heavy atom. The molecule has 0 saturated carbocycles. The van der Waals surface area contributed by atoms with Crippen LogP contribution < -0.4 is 0 Å². The molecule has 0 amide bonds. The van der Waals surface area contributed by atoms with Gasteiger partial charge in [0, 0.05) is 6.42 Å². The third kappa shape index (κ3) is 4.23. The summed E-state index contributed by atoms with van der Waals surface area (Å²) < 4.78 is 8.58. The minimum absolute atomic E-state index is 0.0878. The van der Waals surface area contributed by atoms with Crippen molar-refractivity contribution in [3.63, 3.8) is 0 Å². The molecule has 0 fully saturated rings. The van der Waals surface area contributed by atoms with Crippen LogP contribution in [0.15, 0.2) is 0 Å². The molecular formula is C8H11ClO5. The molecule has 0 aliphatic rings. The van der Waals surface area contributed by atoms with Gasteiger partial charge < -0.3 is 9.47 Å². The van der Waals surface area contributed by atoms with Crippen LogP contribution in [0.2, 0.25) is 0 Å². The SMILES string of the molecule is COC(=O)CCC(=O)[C@@H](Cl)C(=O)OC. The van der Waals surface area contributed by atoms with Crippen LogP contribution in [-0.2, 0) is 23.9 Å². The molecule has 5 nitrogen and oxygen atoms in total. The molecule has 0 spiro atoms. The molecule has 0 saturated heterocycles. The van der Waals surface area contributed by atoms with Crippen LogP contribution in [0.3, 0.4) is 0 Å². The first kappa shape index (κ1) is 12.9. The number of esters is 2. The van der Waals surface area contributed by atoms with E-state index in [0.29, 0.717) is 0 Å². The molecule has 1 atom stereocenters. The molecule has 0 radical (unpaired) electrons. The Kier molecular flexibility index (Phi) is 5.87. The Balaban J connectivity index is 3.96. The number of rotatable bonds is 5. The monoisotopic (exact) mass is 222 g/mol. The average molecular weight is 223 g/mol. The van der Waals surface area contributed by atoms with Gasteiger partial charge in [-0.25, -0.2) is 4.79 Å². The summed E-state index contributed by atoms with van der Waals surface area (Å²) in [4.78, 5) is 32.5. The van der Waals surface area contributed by atoms with Crippen LogP contribution in [-0.4, -0.2) is 37.3 Å². The van der Waals surface area contributed by atoms with Crippen molar-refractivity contribution in [3.05, 3.63) is 0 Å². The normalized spacial score (nSPS) is 11.6. The Morgan fingerprint density at radius 1 is 1.14 bits per heavy atom. The maximum atomic E-state index is 11.1. The molecule has 0 bridgehead atoms. The highest BCUT2D eigenvalue weighted by Crippen LogP contribution is 2.05.